The molecule has 0 spiro atoms. The van der Waals surface area contributed by atoms with Crippen LogP contribution in [-0.4, -0.2) is 69.3 Å². The third kappa shape index (κ3) is 7.26. The van der Waals surface area contributed by atoms with Crippen LogP contribution in [0.3, 0.4) is 0 Å². The largest absolute Gasteiger partial charge is 0.401 e. The van der Waals surface area contributed by atoms with Gasteiger partial charge in [-0.15, -0.1) is 0 Å². The van der Waals surface area contributed by atoms with Crippen LogP contribution < -0.4 is 27.0 Å². The van der Waals surface area contributed by atoms with E-state index in [0.717, 1.165) is 38.3 Å². The molecule has 7 N–H and O–H groups in total. The van der Waals surface area contributed by atoms with Crippen molar-refractivity contribution in [3.63, 3.8) is 0 Å². The summed E-state index contributed by atoms with van der Waals surface area (Å²) in [5.41, 5.74) is 15.5. The van der Waals surface area contributed by atoms with Crippen LogP contribution in [0.5, 0.6) is 0 Å². The summed E-state index contributed by atoms with van der Waals surface area (Å²) in [5.74, 6) is 1.40. The fourth-order valence-electron chi connectivity index (χ4n) is 4.47. The highest BCUT2D eigenvalue weighted by Crippen LogP contribution is 2.28. The molecule has 3 aromatic rings. The van der Waals surface area contributed by atoms with Gasteiger partial charge in [-0.05, 0) is 36.6 Å². The Labute approximate surface area is 241 Å². The lowest BCUT2D eigenvalue weighted by Crippen LogP contribution is -2.48. The van der Waals surface area contributed by atoms with Crippen molar-refractivity contribution >= 4 is 46.0 Å². The summed E-state index contributed by atoms with van der Waals surface area (Å²) < 4.78 is 0. The lowest BCUT2D eigenvalue weighted by Gasteiger charge is -2.35. The third-order valence-electron chi connectivity index (χ3n) is 6.94. The van der Waals surface area contributed by atoms with Gasteiger partial charge in [0.05, 0.1) is 0 Å². The average molecular weight is 560 g/mol. The zero-order valence-electron chi connectivity index (χ0n) is 24.7. The average Bonchev–Trinajstić information content (AvgIpc) is 2.89. The lowest BCUT2D eigenvalue weighted by molar-refractivity contribution is 0.0977. The van der Waals surface area contributed by atoms with Crippen LogP contribution in [-0.2, 0) is 0 Å². The number of hydrogen-bond acceptors (Lipinski definition) is 11. The number of benzene rings is 1. The standard InChI is InChI=1S/C29H41N11O/c1-17(2)15-39-9-11-40(12-10-39)28-37-24-23(25(32)38-28)33-16-34-26(24)35-20-13-19(8-7-18(20)3)27(41)36-22(31)14-21(30)29(4,5)6/h7-8,13-14,16-17H,9-12,15,30H2,1-6H3,(H2,31,36,41)(H2,32,37,38)(H,33,34,35). The summed E-state index contributed by atoms with van der Waals surface area (Å²) in [5, 5.41) is 14.1. The molecule has 41 heavy (non-hydrogen) atoms. The van der Waals surface area contributed by atoms with Crippen molar-refractivity contribution in [3.05, 3.63) is 47.4 Å². The van der Waals surface area contributed by atoms with E-state index in [0.29, 0.717) is 45.7 Å². The molecule has 0 radical (unpaired) electrons. The second kappa shape index (κ2) is 12.0. The summed E-state index contributed by atoms with van der Waals surface area (Å²) in [7, 11) is 0. The molecule has 1 saturated heterocycles. The molecule has 4 rings (SSSR count). The number of carbonyl (C=O) groups excluding carboxylic acids is 1. The minimum Gasteiger partial charge on any atom is -0.401 e. The van der Waals surface area contributed by atoms with Gasteiger partial charge >= 0.3 is 0 Å². The molecule has 12 heteroatoms. The van der Waals surface area contributed by atoms with E-state index in [4.69, 9.17) is 21.9 Å². The Kier molecular flexibility index (Phi) is 8.72. The summed E-state index contributed by atoms with van der Waals surface area (Å²) in [6.07, 6.45) is 2.87. The van der Waals surface area contributed by atoms with Crippen molar-refractivity contribution < 1.29 is 4.79 Å². The van der Waals surface area contributed by atoms with Crippen LogP contribution in [0.1, 0.15) is 50.5 Å². The van der Waals surface area contributed by atoms with E-state index in [1.54, 1.807) is 12.1 Å². The van der Waals surface area contributed by atoms with E-state index in [-0.39, 0.29) is 17.1 Å². The van der Waals surface area contributed by atoms with Crippen molar-refractivity contribution in [2.24, 2.45) is 17.1 Å². The number of nitrogens with two attached hydrogens (primary N) is 2. The second-order valence-corrected chi connectivity index (χ2v) is 11.9. The van der Waals surface area contributed by atoms with Gasteiger partial charge in [-0.3, -0.25) is 15.1 Å². The summed E-state index contributed by atoms with van der Waals surface area (Å²) in [6.45, 7) is 16.7. The Morgan fingerprint density at radius 2 is 1.83 bits per heavy atom. The van der Waals surface area contributed by atoms with E-state index in [2.05, 4.69) is 49.2 Å². The van der Waals surface area contributed by atoms with Gasteiger partial charge in [0.25, 0.3) is 5.91 Å². The Morgan fingerprint density at radius 3 is 2.49 bits per heavy atom. The fourth-order valence-corrected chi connectivity index (χ4v) is 4.47. The van der Waals surface area contributed by atoms with Crippen LogP contribution in [0.4, 0.5) is 23.3 Å². The Hall–Kier alpha value is -4.32. The quantitative estimate of drug-likeness (QED) is 0.213. The highest BCUT2D eigenvalue weighted by Gasteiger charge is 2.22. The number of aromatic nitrogens is 4. The topological polar surface area (TPSA) is 175 Å². The highest BCUT2D eigenvalue weighted by molar-refractivity contribution is 6.09. The van der Waals surface area contributed by atoms with E-state index < -0.39 is 5.91 Å². The van der Waals surface area contributed by atoms with Crippen LogP contribution in [0, 0.1) is 23.7 Å². The number of aryl methyl sites for hydroxylation is 1. The molecule has 1 fully saturated rings. The number of nitrogen functional groups attached to an aromatic ring is 1. The van der Waals surface area contributed by atoms with Gasteiger partial charge in [-0.25, -0.2) is 15.0 Å². The number of carbonyl (C=O) groups is 1. The SMILES string of the molecule is Cc1ccc(C(=O)NC(=N)C=C(N)C(C)(C)C)cc1Nc1ncnc2c(N)nc(N3CCN(CC(C)C)CC3)nc12. The van der Waals surface area contributed by atoms with Gasteiger partial charge in [-0.2, -0.15) is 4.98 Å². The van der Waals surface area contributed by atoms with Crippen molar-refractivity contribution in [1.82, 2.24) is 30.2 Å². The van der Waals surface area contributed by atoms with E-state index >= 15 is 0 Å². The van der Waals surface area contributed by atoms with Crippen LogP contribution in [0.25, 0.3) is 11.0 Å². The fraction of sp³-hybridized carbons (Fsp3) is 0.448. The normalized spacial score (nSPS) is 14.9. The number of anilines is 4. The predicted octanol–water partition coefficient (Wildman–Crippen LogP) is 3.43. The molecule has 3 heterocycles. The molecule has 0 atom stereocenters. The van der Waals surface area contributed by atoms with Crippen molar-refractivity contribution in [2.45, 2.75) is 41.5 Å². The van der Waals surface area contributed by atoms with Crippen molar-refractivity contribution in [2.75, 3.05) is 48.7 Å². The maximum atomic E-state index is 12.9. The van der Waals surface area contributed by atoms with Gasteiger partial charge < -0.3 is 27.0 Å². The lowest BCUT2D eigenvalue weighted by atomic mass is 9.92. The van der Waals surface area contributed by atoms with Gasteiger partial charge in [0.15, 0.2) is 11.6 Å². The predicted molar refractivity (Wildman–Crippen MR) is 164 cm³/mol. The van der Waals surface area contributed by atoms with E-state index in [1.807, 2.05) is 33.8 Å². The van der Waals surface area contributed by atoms with Crippen LogP contribution in [0.15, 0.2) is 36.3 Å². The van der Waals surface area contributed by atoms with E-state index in [1.165, 1.54) is 12.4 Å². The second-order valence-electron chi connectivity index (χ2n) is 11.9. The summed E-state index contributed by atoms with van der Waals surface area (Å²) >= 11 is 0. The maximum absolute atomic E-state index is 12.9. The summed E-state index contributed by atoms with van der Waals surface area (Å²) in [4.78, 5) is 35.7. The monoisotopic (exact) mass is 559 g/mol. The van der Waals surface area contributed by atoms with Gasteiger partial charge in [-0.1, -0.05) is 40.7 Å². The first-order valence-electron chi connectivity index (χ1n) is 13.8. The van der Waals surface area contributed by atoms with E-state index in [9.17, 15) is 4.79 Å². The van der Waals surface area contributed by atoms with Crippen molar-refractivity contribution in [3.8, 4) is 0 Å². The number of nitrogens with zero attached hydrogens (tertiary/aromatic N) is 6. The Bertz CT molecular complexity index is 1470. The number of amidine groups is 1. The number of fused-ring (bicyclic) bond motifs is 1. The Morgan fingerprint density at radius 1 is 1.12 bits per heavy atom. The molecule has 0 saturated carbocycles. The maximum Gasteiger partial charge on any atom is 0.256 e. The molecule has 1 aliphatic heterocycles. The Balaban J connectivity index is 1.57. The molecule has 1 aliphatic rings. The number of nitrogens with one attached hydrogen (secondary N) is 3. The minimum absolute atomic E-state index is 0.0796. The first-order valence-corrected chi connectivity index (χ1v) is 13.8. The molecule has 12 nitrogen and oxygen atoms in total. The zero-order valence-corrected chi connectivity index (χ0v) is 24.7. The van der Waals surface area contributed by atoms with Crippen LogP contribution >= 0.6 is 0 Å². The molecule has 0 aliphatic carbocycles. The molecule has 0 bridgehead atoms. The zero-order chi connectivity index (χ0) is 29.9. The molecule has 2 aromatic heterocycles. The third-order valence-corrected chi connectivity index (χ3v) is 6.94. The number of amides is 1. The van der Waals surface area contributed by atoms with Gasteiger partial charge in [0.2, 0.25) is 5.95 Å². The molecule has 0 unspecified atom stereocenters. The first kappa shape index (κ1) is 29.7. The van der Waals surface area contributed by atoms with Gasteiger partial charge in [0.1, 0.15) is 23.2 Å². The number of rotatable bonds is 7. The molecule has 1 aromatic carbocycles. The molecule has 218 valence electrons. The molecular formula is C29H41N11O. The summed E-state index contributed by atoms with van der Waals surface area (Å²) in [6, 6.07) is 5.24. The number of hydrogen-bond donors (Lipinski definition) is 5. The van der Waals surface area contributed by atoms with Crippen LogP contribution in [0.2, 0.25) is 0 Å². The first-order chi connectivity index (χ1) is 19.3. The molecular weight excluding hydrogens is 518 g/mol. The van der Waals surface area contributed by atoms with Gasteiger partial charge in [0, 0.05) is 55.1 Å². The number of allylic oxidation sites excluding steroid dienone is 1. The highest BCUT2D eigenvalue weighted by atomic mass is 16.1. The minimum atomic E-state index is -0.422. The molecule has 1 amide bonds. The van der Waals surface area contributed by atoms with Crippen molar-refractivity contribution in [1.29, 1.82) is 5.41 Å². The number of piperazine rings is 1. The smallest absolute Gasteiger partial charge is 0.256 e.